The second-order valence-corrected chi connectivity index (χ2v) is 4.67. The zero-order valence-electron chi connectivity index (χ0n) is 10.0. The number of hydrogen-bond donors (Lipinski definition) is 2. The summed E-state index contributed by atoms with van der Waals surface area (Å²) in [5.41, 5.74) is 0. The molecule has 0 amide bonds. The highest BCUT2D eigenvalue weighted by atomic mass is 16.5. The molecule has 0 radical (unpaired) electrons. The van der Waals surface area contributed by atoms with E-state index in [0.717, 1.165) is 25.8 Å². The molecule has 0 spiro atoms. The Labute approximate surface area is 93.2 Å². The molecule has 0 aromatic heterocycles. The Balaban J connectivity index is 2.05. The van der Waals surface area contributed by atoms with Crippen molar-refractivity contribution in [1.82, 2.24) is 5.32 Å². The summed E-state index contributed by atoms with van der Waals surface area (Å²) >= 11 is 0. The van der Waals surface area contributed by atoms with Crippen molar-refractivity contribution in [3.8, 4) is 0 Å². The summed E-state index contributed by atoms with van der Waals surface area (Å²) in [4.78, 5) is 0. The number of nitrogens with one attached hydrogen (secondary N) is 1. The Morgan fingerprint density at radius 2 is 2.27 bits per heavy atom. The van der Waals surface area contributed by atoms with E-state index in [4.69, 9.17) is 9.84 Å². The molecule has 0 bridgehead atoms. The molecule has 3 unspecified atom stereocenters. The van der Waals surface area contributed by atoms with Crippen molar-refractivity contribution in [3.05, 3.63) is 0 Å². The van der Waals surface area contributed by atoms with Gasteiger partial charge < -0.3 is 15.2 Å². The third kappa shape index (κ3) is 5.50. The van der Waals surface area contributed by atoms with Gasteiger partial charge in [0.05, 0.1) is 12.2 Å². The summed E-state index contributed by atoms with van der Waals surface area (Å²) < 4.78 is 5.39. The number of aliphatic hydroxyl groups excluding tert-OH is 1. The molecule has 0 aromatic carbocycles. The van der Waals surface area contributed by atoms with Gasteiger partial charge in [0.25, 0.3) is 0 Å². The maximum absolute atomic E-state index is 9.12. The molecule has 0 heterocycles. The van der Waals surface area contributed by atoms with Crippen molar-refractivity contribution in [1.29, 1.82) is 0 Å². The average molecular weight is 215 g/mol. The summed E-state index contributed by atoms with van der Waals surface area (Å²) in [5, 5.41) is 12.7. The Morgan fingerprint density at radius 1 is 1.47 bits per heavy atom. The van der Waals surface area contributed by atoms with E-state index in [2.05, 4.69) is 5.32 Å². The van der Waals surface area contributed by atoms with Crippen LogP contribution in [-0.2, 0) is 4.74 Å². The molecule has 1 fully saturated rings. The molecule has 0 aromatic rings. The van der Waals surface area contributed by atoms with Gasteiger partial charge in [-0.2, -0.15) is 0 Å². The number of ether oxygens (including phenoxy) is 1. The first-order valence-corrected chi connectivity index (χ1v) is 6.16. The molecular formula is C12H25NO2. The van der Waals surface area contributed by atoms with Gasteiger partial charge in [-0.1, -0.05) is 0 Å². The van der Waals surface area contributed by atoms with E-state index in [0.29, 0.717) is 12.1 Å². The van der Waals surface area contributed by atoms with Gasteiger partial charge in [-0.3, -0.25) is 0 Å². The molecule has 1 aliphatic rings. The molecule has 3 heteroatoms. The maximum atomic E-state index is 9.12. The first kappa shape index (κ1) is 12.9. The van der Waals surface area contributed by atoms with E-state index in [1.54, 1.807) is 7.11 Å². The van der Waals surface area contributed by atoms with Gasteiger partial charge in [0.2, 0.25) is 0 Å². The second-order valence-electron chi connectivity index (χ2n) is 4.67. The molecule has 90 valence electrons. The zero-order chi connectivity index (χ0) is 11.1. The predicted octanol–water partition coefficient (Wildman–Crippen LogP) is 1.69. The van der Waals surface area contributed by atoms with Crippen LogP contribution in [0.15, 0.2) is 0 Å². The molecule has 0 saturated heterocycles. The summed E-state index contributed by atoms with van der Waals surface area (Å²) in [6.07, 6.45) is 7.14. The van der Waals surface area contributed by atoms with Gasteiger partial charge in [0.15, 0.2) is 0 Å². The van der Waals surface area contributed by atoms with Gasteiger partial charge in [0, 0.05) is 13.2 Å². The molecule has 3 nitrogen and oxygen atoms in total. The number of hydrogen-bond acceptors (Lipinski definition) is 3. The Hall–Kier alpha value is -0.120. The molecule has 1 aliphatic carbocycles. The first-order valence-electron chi connectivity index (χ1n) is 6.16. The van der Waals surface area contributed by atoms with Crippen LogP contribution in [-0.4, -0.2) is 37.0 Å². The minimum absolute atomic E-state index is 0.162. The molecule has 1 saturated carbocycles. The van der Waals surface area contributed by atoms with Crippen LogP contribution in [0.1, 0.15) is 45.4 Å². The summed E-state index contributed by atoms with van der Waals surface area (Å²) in [6.45, 7) is 2.87. The SMILES string of the molecule is COC1CCCC(NCCCC(C)O)C1. The van der Waals surface area contributed by atoms with E-state index >= 15 is 0 Å². The van der Waals surface area contributed by atoms with E-state index in [-0.39, 0.29) is 6.10 Å². The van der Waals surface area contributed by atoms with Crippen LogP contribution in [0.4, 0.5) is 0 Å². The Morgan fingerprint density at radius 3 is 2.93 bits per heavy atom. The van der Waals surface area contributed by atoms with Gasteiger partial charge >= 0.3 is 0 Å². The third-order valence-corrected chi connectivity index (χ3v) is 3.19. The van der Waals surface area contributed by atoms with E-state index in [1.165, 1.54) is 19.3 Å². The van der Waals surface area contributed by atoms with Crippen LogP contribution < -0.4 is 5.32 Å². The van der Waals surface area contributed by atoms with Gasteiger partial charge in [-0.25, -0.2) is 0 Å². The van der Waals surface area contributed by atoms with Crippen molar-refractivity contribution in [3.63, 3.8) is 0 Å². The van der Waals surface area contributed by atoms with E-state index in [1.807, 2.05) is 6.92 Å². The monoisotopic (exact) mass is 215 g/mol. The van der Waals surface area contributed by atoms with Gasteiger partial charge in [0.1, 0.15) is 0 Å². The van der Waals surface area contributed by atoms with Gasteiger partial charge in [-0.05, 0) is 52.0 Å². The van der Waals surface area contributed by atoms with Crippen molar-refractivity contribution in [2.75, 3.05) is 13.7 Å². The average Bonchev–Trinajstić information content (AvgIpc) is 2.24. The topological polar surface area (TPSA) is 41.5 Å². The van der Waals surface area contributed by atoms with Crippen LogP contribution >= 0.6 is 0 Å². The highest BCUT2D eigenvalue weighted by molar-refractivity contribution is 4.78. The van der Waals surface area contributed by atoms with Crippen molar-refractivity contribution < 1.29 is 9.84 Å². The predicted molar refractivity (Wildman–Crippen MR) is 62.0 cm³/mol. The lowest BCUT2D eigenvalue weighted by molar-refractivity contribution is 0.0587. The van der Waals surface area contributed by atoms with E-state index in [9.17, 15) is 0 Å². The number of rotatable bonds is 6. The number of aliphatic hydroxyl groups is 1. The lowest BCUT2D eigenvalue weighted by Gasteiger charge is -2.29. The zero-order valence-corrected chi connectivity index (χ0v) is 10.0. The molecule has 3 atom stereocenters. The second kappa shape index (κ2) is 7.20. The maximum Gasteiger partial charge on any atom is 0.0586 e. The largest absolute Gasteiger partial charge is 0.393 e. The summed E-state index contributed by atoms with van der Waals surface area (Å²) in [6, 6.07) is 0.623. The minimum Gasteiger partial charge on any atom is -0.393 e. The highest BCUT2D eigenvalue weighted by Gasteiger charge is 2.20. The fourth-order valence-electron chi connectivity index (χ4n) is 2.25. The third-order valence-electron chi connectivity index (χ3n) is 3.19. The van der Waals surface area contributed by atoms with E-state index < -0.39 is 0 Å². The van der Waals surface area contributed by atoms with Crippen molar-refractivity contribution in [2.45, 2.75) is 63.7 Å². The molecule has 1 rings (SSSR count). The normalized spacial score (nSPS) is 29.0. The lowest BCUT2D eigenvalue weighted by Crippen LogP contribution is -2.37. The van der Waals surface area contributed by atoms with Crippen LogP contribution in [0.2, 0.25) is 0 Å². The van der Waals surface area contributed by atoms with Crippen LogP contribution in [0.25, 0.3) is 0 Å². The quantitative estimate of drug-likeness (QED) is 0.663. The molecule has 2 N–H and O–H groups in total. The lowest BCUT2D eigenvalue weighted by atomic mass is 9.93. The smallest absolute Gasteiger partial charge is 0.0586 e. The van der Waals surface area contributed by atoms with Crippen molar-refractivity contribution >= 4 is 0 Å². The standard InChI is InChI=1S/C12H25NO2/c1-10(14)5-4-8-13-11-6-3-7-12(9-11)15-2/h10-14H,3-9H2,1-2H3. The molecular weight excluding hydrogens is 190 g/mol. The highest BCUT2D eigenvalue weighted by Crippen LogP contribution is 2.20. The minimum atomic E-state index is -0.162. The molecule has 15 heavy (non-hydrogen) atoms. The Bertz CT molecular complexity index is 162. The van der Waals surface area contributed by atoms with Gasteiger partial charge in [-0.15, -0.1) is 0 Å². The van der Waals surface area contributed by atoms with Crippen LogP contribution in [0.5, 0.6) is 0 Å². The number of methoxy groups -OCH3 is 1. The summed E-state index contributed by atoms with van der Waals surface area (Å²) in [7, 11) is 1.81. The van der Waals surface area contributed by atoms with Crippen LogP contribution in [0, 0.1) is 0 Å². The first-order chi connectivity index (χ1) is 7.22. The fraction of sp³-hybridized carbons (Fsp3) is 1.00. The fourth-order valence-corrected chi connectivity index (χ4v) is 2.25. The summed E-state index contributed by atoms with van der Waals surface area (Å²) in [5.74, 6) is 0. The Kier molecular flexibility index (Phi) is 6.22. The van der Waals surface area contributed by atoms with Crippen LogP contribution in [0.3, 0.4) is 0 Å². The molecule has 0 aliphatic heterocycles. The van der Waals surface area contributed by atoms with Crippen molar-refractivity contribution in [2.24, 2.45) is 0 Å².